The SMILES string of the molecule is Cc1cc(-c2nnc(CSCCC(=O)O)o2)c(C)o1. The van der Waals surface area contributed by atoms with Crippen molar-refractivity contribution >= 4 is 17.7 Å². The van der Waals surface area contributed by atoms with Crippen LogP contribution in [0.1, 0.15) is 23.8 Å². The molecule has 19 heavy (non-hydrogen) atoms. The van der Waals surface area contributed by atoms with E-state index < -0.39 is 5.97 Å². The van der Waals surface area contributed by atoms with Crippen LogP contribution in [0.3, 0.4) is 0 Å². The van der Waals surface area contributed by atoms with Crippen LogP contribution in [0.25, 0.3) is 11.5 Å². The summed E-state index contributed by atoms with van der Waals surface area (Å²) < 4.78 is 10.9. The van der Waals surface area contributed by atoms with Gasteiger partial charge in [0.05, 0.1) is 17.7 Å². The second kappa shape index (κ2) is 5.92. The molecule has 2 rings (SSSR count). The van der Waals surface area contributed by atoms with E-state index in [1.54, 1.807) is 0 Å². The normalized spacial score (nSPS) is 10.8. The zero-order valence-corrected chi connectivity index (χ0v) is 11.5. The summed E-state index contributed by atoms with van der Waals surface area (Å²) in [6, 6.07) is 1.85. The highest BCUT2D eigenvalue weighted by molar-refractivity contribution is 7.98. The van der Waals surface area contributed by atoms with E-state index in [1.807, 2.05) is 19.9 Å². The molecule has 0 fully saturated rings. The van der Waals surface area contributed by atoms with Gasteiger partial charge in [0.2, 0.25) is 5.89 Å². The van der Waals surface area contributed by atoms with Crippen molar-refractivity contribution in [1.29, 1.82) is 0 Å². The third kappa shape index (κ3) is 3.60. The fourth-order valence-corrected chi connectivity index (χ4v) is 2.34. The van der Waals surface area contributed by atoms with Crippen LogP contribution in [0.5, 0.6) is 0 Å². The van der Waals surface area contributed by atoms with Crippen LogP contribution in [0.15, 0.2) is 14.9 Å². The Morgan fingerprint density at radius 2 is 2.16 bits per heavy atom. The van der Waals surface area contributed by atoms with Gasteiger partial charge in [-0.1, -0.05) is 0 Å². The van der Waals surface area contributed by atoms with Crippen LogP contribution in [0.4, 0.5) is 0 Å². The van der Waals surface area contributed by atoms with Gasteiger partial charge in [0.1, 0.15) is 11.5 Å². The number of aryl methyl sites for hydroxylation is 2. The number of carboxylic acid groups (broad SMARTS) is 1. The number of carboxylic acids is 1. The molecule has 7 heteroatoms. The van der Waals surface area contributed by atoms with Gasteiger partial charge in [0.25, 0.3) is 5.89 Å². The van der Waals surface area contributed by atoms with Crippen molar-refractivity contribution in [2.24, 2.45) is 0 Å². The fraction of sp³-hybridized carbons (Fsp3) is 0.417. The molecule has 0 spiro atoms. The quantitative estimate of drug-likeness (QED) is 0.814. The minimum absolute atomic E-state index is 0.131. The lowest BCUT2D eigenvalue weighted by molar-refractivity contribution is -0.136. The van der Waals surface area contributed by atoms with Gasteiger partial charge in [-0.15, -0.1) is 10.2 Å². The number of hydrogen-bond donors (Lipinski definition) is 1. The van der Waals surface area contributed by atoms with Gasteiger partial charge in [-0.05, 0) is 19.9 Å². The Balaban J connectivity index is 1.95. The predicted octanol–water partition coefficient (Wildman–Crippen LogP) is 2.65. The second-order valence-corrected chi connectivity index (χ2v) is 5.13. The smallest absolute Gasteiger partial charge is 0.304 e. The first-order valence-electron chi connectivity index (χ1n) is 5.75. The van der Waals surface area contributed by atoms with Crippen molar-refractivity contribution in [2.45, 2.75) is 26.0 Å². The van der Waals surface area contributed by atoms with E-state index in [0.717, 1.165) is 17.1 Å². The molecule has 0 radical (unpaired) electrons. The van der Waals surface area contributed by atoms with Crippen LogP contribution >= 0.6 is 11.8 Å². The topological polar surface area (TPSA) is 89.4 Å². The summed E-state index contributed by atoms with van der Waals surface area (Å²) >= 11 is 1.45. The van der Waals surface area contributed by atoms with Gasteiger partial charge in [-0.2, -0.15) is 11.8 Å². The number of nitrogens with zero attached hydrogens (tertiary/aromatic N) is 2. The summed E-state index contributed by atoms with van der Waals surface area (Å²) in [6.45, 7) is 3.70. The Labute approximate surface area is 114 Å². The number of aromatic nitrogens is 2. The van der Waals surface area contributed by atoms with E-state index in [4.69, 9.17) is 13.9 Å². The molecule has 0 aliphatic carbocycles. The van der Waals surface area contributed by atoms with E-state index in [0.29, 0.717) is 23.3 Å². The number of furan rings is 1. The summed E-state index contributed by atoms with van der Waals surface area (Å²) in [5.74, 6) is 2.69. The molecule has 102 valence electrons. The average Bonchev–Trinajstić information content (AvgIpc) is 2.91. The van der Waals surface area contributed by atoms with E-state index in [9.17, 15) is 4.79 Å². The molecule has 0 unspecified atom stereocenters. The molecule has 0 aromatic carbocycles. The van der Waals surface area contributed by atoms with Crippen molar-refractivity contribution in [3.05, 3.63) is 23.5 Å². The van der Waals surface area contributed by atoms with Crippen molar-refractivity contribution in [3.63, 3.8) is 0 Å². The molecule has 0 amide bonds. The van der Waals surface area contributed by atoms with Crippen molar-refractivity contribution in [2.75, 3.05) is 5.75 Å². The lowest BCUT2D eigenvalue weighted by Gasteiger charge is -1.94. The van der Waals surface area contributed by atoms with Gasteiger partial charge < -0.3 is 13.9 Å². The molecule has 0 bridgehead atoms. The Hall–Kier alpha value is -1.76. The van der Waals surface area contributed by atoms with Crippen LogP contribution in [0.2, 0.25) is 0 Å². The molecule has 2 heterocycles. The Morgan fingerprint density at radius 1 is 1.37 bits per heavy atom. The highest BCUT2D eigenvalue weighted by atomic mass is 32.2. The first-order chi connectivity index (χ1) is 9.06. The highest BCUT2D eigenvalue weighted by Gasteiger charge is 2.14. The molecule has 0 saturated carbocycles. The highest BCUT2D eigenvalue weighted by Crippen LogP contribution is 2.26. The van der Waals surface area contributed by atoms with Gasteiger partial charge in [-0.3, -0.25) is 4.79 Å². The first-order valence-corrected chi connectivity index (χ1v) is 6.91. The molecule has 2 aromatic heterocycles. The van der Waals surface area contributed by atoms with E-state index in [1.165, 1.54) is 11.8 Å². The third-order valence-electron chi connectivity index (χ3n) is 2.42. The average molecular weight is 282 g/mol. The van der Waals surface area contributed by atoms with Gasteiger partial charge in [0, 0.05) is 5.75 Å². The molecule has 0 saturated heterocycles. The van der Waals surface area contributed by atoms with Crippen LogP contribution in [-0.2, 0) is 10.5 Å². The molecule has 6 nitrogen and oxygen atoms in total. The Morgan fingerprint density at radius 3 is 2.79 bits per heavy atom. The monoisotopic (exact) mass is 282 g/mol. The molecule has 0 aliphatic heterocycles. The third-order valence-corrected chi connectivity index (χ3v) is 3.37. The number of aliphatic carboxylic acids is 1. The maximum atomic E-state index is 10.4. The summed E-state index contributed by atoms with van der Waals surface area (Å²) in [5, 5.41) is 16.4. The van der Waals surface area contributed by atoms with Gasteiger partial charge in [0.15, 0.2) is 0 Å². The number of thioether (sulfide) groups is 1. The van der Waals surface area contributed by atoms with E-state index >= 15 is 0 Å². The largest absolute Gasteiger partial charge is 0.481 e. The number of rotatable bonds is 6. The Kier molecular flexibility index (Phi) is 4.26. The lowest BCUT2D eigenvalue weighted by Crippen LogP contribution is -1.96. The van der Waals surface area contributed by atoms with Gasteiger partial charge in [-0.25, -0.2) is 0 Å². The van der Waals surface area contributed by atoms with Crippen LogP contribution < -0.4 is 0 Å². The van der Waals surface area contributed by atoms with Crippen molar-refractivity contribution in [3.8, 4) is 11.5 Å². The Bertz CT molecular complexity index is 576. The minimum atomic E-state index is -0.803. The molecule has 1 N–H and O–H groups in total. The molecular weight excluding hydrogens is 268 g/mol. The van der Waals surface area contributed by atoms with Crippen LogP contribution in [-0.4, -0.2) is 27.0 Å². The molecule has 0 aliphatic rings. The van der Waals surface area contributed by atoms with Crippen molar-refractivity contribution < 1.29 is 18.7 Å². The summed E-state index contributed by atoms with van der Waals surface area (Å²) in [4.78, 5) is 10.4. The number of carbonyl (C=O) groups is 1. The second-order valence-electron chi connectivity index (χ2n) is 4.02. The molecule has 0 atom stereocenters. The minimum Gasteiger partial charge on any atom is -0.481 e. The zero-order valence-electron chi connectivity index (χ0n) is 10.7. The first kappa shape index (κ1) is 13.7. The maximum Gasteiger partial charge on any atom is 0.304 e. The van der Waals surface area contributed by atoms with Crippen LogP contribution in [0, 0.1) is 13.8 Å². The predicted molar refractivity (Wildman–Crippen MR) is 69.9 cm³/mol. The summed E-state index contributed by atoms with van der Waals surface area (Å²) in [5.41, 5.74) is 0.798. The molecule has 2 aromatic rings. The number of hydrogen-bond acceptors (Lipinski definition) is 6. The van der Waals surface area contributed by atoms with Crippen molar-refractivity contribution in [1.82, 2.24) is 10.2 Å². The zero-order chi connectivity index (χ0) is 13.8. The van der Waals surface area contributed by atoms with E-state index in [-0.39, 0.29) is 6.42 Å². The standard InChI is InChI=1S/C12H14N2O4S/c1-7-5-9(8(2)17-7)12-14-13-10(18-12)6-19-4-3-11(15)16/h5H,3-4,6H2,1-2H3,(H,15,16). The molecular formula is C12H14N2O4S. The fourth-order valence-electron chi connectivity index (χ4n) is 1.58. The maximum absolute atomic E-state index is 10.4. The van der Waals surface area contributed by atoms with E-state index in [2.05, 4.69) is 10.2 Å². The summed E-state index contributed by atoms with van der Waals surface area (Å²) in [6.07, 6.45) is 0.131. The summed E-state index contributed by atoms with van der Waals surface area (Å²) in [7, 11) is 0. The van der Waals surface area contributed by atoms with Gasteiger partial charge >= 0.3 is 5.97 Å². The lowest BCUT2D eigenvalue weighted by atomic mass is 10.2.